The Labute approximate surface area is 187 Å². The summed E-state index contributed by atoms with van der Waals surface area (Å²) < 4.78 is 7.54. The SMILES string of the molecule is CCCN1C(=O)C(=O)/C(=C(/O)c2cc(C)cc(C)c2OC)C1c1cn(C)c2ccccc12. The first-order chi connectivity index (χ1) is 15.3. The van der Waals surface area contributed by atoms with Crippen LogP contribution >= 0.6 is 0 Å². The summed E-state index contributed by atoms with van der Waals surface area (Å²) in [4.78, 5) is 27.9. The second kappa shape index (κ2) is 8.19. The molecule has 0 aliphatic carbocycles. The summed E-state index contributed by atoms with van der Waals surface area (Å²) in [5.41, 5.74) is 4.11. The van der Waals surface area contributed by atoms with Gasteiger partial charge >= 0.3 is 0 Å². The average Bonchev–Trinajstić information content (AvgIpc) is 3.22. The van der Waals surface area contributed by atoms with E-state index in [1.165, 1.54) is 7.11 Å². The highest BCUT2D eigenvalue weighted by atomic mass is 16.5. The smallest absolute Gasteiger partial charge is 0.295 e. The fraction of sp³-hybridized carbons (Fsp3) is 0.308. The first kappa shape index (κ1) is 21.7. The van der Waals surface area contributed by atoms with Crippen molar-refractivity contribution in [3.8, 4) is 5.75 Å². The number of rotatable bonds is 5. The molecule has 1 aliphatic heterocycles. The van der Waals surface area contributed by atoms with E-state index in [2.05, 4.69) is 0 Å². The summed E-state index contributed by atoms with van der Waals surface area (Å²) in [5, 5.41) is 12.4. The monoisotopic (exact) mass is 432 g/mol. The number of aliphatic hydroxyl groups is 1. The van der Waals surface area contributed by atoms with E-state index in [0.29, 0.717) is 24.3 Å². The molecule has 1 N–H and O–H groups in total. The number of ketones is 1. The number of methoxy groups -OCH3 is 1. The van der Waals surface area contributed by atoms with Crippen molar-refractivity contribution in [2.45, 2.75) is 33.2 Å². The minimum atomic E-state index is -0.674. The van der Waals surface area contributed by atoms with Crippen molar-refractivity contribution in [2.24, 2.45) is 7.05 Å². The molecule has 3 aromatic rings. The lowest BCUT2D eigenvalue weighted by molar-refractivity contribution is -0.139. The van der Waals surface area contributed by atoms with Crippen LogP contribution in [0.5, 0.6) is 5.75 Å². The average molecular weight is 433 g/mol. The molecule has 0 bridgehead atoms. The zero-order chi connectivity index (χ0) is 23.2. The third kappa shape index (κ3) is 3.27. The van der Waals surface area contributed by atoms with Gasteiger partial charge in [0, 0.05) is 36.3 Å². The highest BCUT2D eigenvalue weighted by Crippen LogP contribution is 2.44. The van der Waals surface area contributed by atoms with Gasteiger partial charge < -0.3 is 19.3 Å². The van der Waals surface area contributed by atoms with Gasteiger partial charge in [-0.3, -0.25) is 9.59 Å². The number of carbonyl (C=O) groups excluding carboxylic acids is 2. The molecule has 1 fully saturated rings. The molecule has 0 radical (unpaired) electrons. The lowest BCUT2D eigenvalue weighted by Crippen LogP contribution is -2.30. The number of carbonyl (C=O) groups is 2. The number of ether oxygens (including phenoxy) is 1. The Kier molecular flexibility index (Phi) is 5.55. The molecule has 6 nitrogen and oxygen atoms in total. The van der Waals surface area contributed by atoms with Gasteiger partial charge in [0.1, 0.15) is 11.5 Å². The Balaban J connectivity index is 2.03. The van der Waals surface area contributed by atoms with Gasteiger partial charge in [-0.2, -0.15) is 0 Å². The molecule has 1 amide bonds. The zero-order valence-corrected chi connectivity index (χ0v) is 19.1. The van der Waals surface area contributed by atoms with Gasteiger partial charge in [-0.25, -0.2) is 0 Å². The van der Waals surface area contributed by atoms with E-state index < -0.39 is 17.7 Å². The molecule has 0 saturated carbocycles. The molecular weight excluding hydrogens is 404 g/mol. The maximum absolute atomic E-state index is 13.2. The number of likely N-dealkylation sites (tertiary alicyclic amines) is 1. The Morgan fingerprint density at radius 2 is 1.88 bits per heavy atom. The summed E-state index contributed by atoms with van der Waals surface area (Å²) in [6.45, 7) is 6.19. The van der Waals surface area contributed by atoms with Gasteiger partial charge in [0.05, 0.1) is 24.3 Å². The Morgan fingerprint density at radius 3 is 2.56 bits per heavy atom. The van der Waals surface area contributed by atoms with Gasteiger partial charge in [-0.05, 0) is 43.5 Å². The normalized spacial score (nSPS) is 18.0. The van der Waals surface area contributed by atoms with Crippen molar-refractivity contribution in [1.82, 2.24) is 9.47 Å². The Morgan fingerprint density at radius 1 is 1.16 bits per heavy atom. The minimum absolute atomic E-state index is 0.100. The van der Waals surface area contributed by atoms with Gasteiger partial charge in [-0.1, -0.05) is 31.2 Å². The van der Waals surface area contributed by atoms with Crippen molar-refractivity contribution in [3.63, 3.8) is 0 Å². The largest absolute Gasteiger partial charge is 0.507 e. The van der Waals surface area contributed by atoms with Crippen molar-refractivity contribution in [2.75, 3.05) is 13.7 Å². The molecule has 2 heterocycles. The third-order valence-corrected chi connectivity index (χ3v) is 6.11. The maximum atomic E-state index is 13.2. The van der Waals surface area contributed by atoms with Crippen LogP contribution in [-0.4, -0.2) is 39.9 Å². The number of hydrogen-bond donors (Lipinski definition) is 1. The van der Waals surface area contributed by atoms with E-state index in [4.69, 9.17) is 4.74 Å². The van der Waals surface area contributed by atoms with Crippen LogP contribution in [0.4, 0.5) is 0 Å². The number of hydrogen-bond acceptors (Lipinski definition) is 4. The van der Waals surface area contributed by atoms with Crippen LogP contribution in [0.1, 0.15) is 41.6 Å². The van der Waals surface area contributed by atoms with Crippen LogP contribution < -0.4 is 4.74 Å². The molecule has 1 unspecified atom stereocenters. The second-order valence-corrected chi connectivity index (χ2v) is 8.37. The van der Waals surface area contributed by atoms with E-state index >= 15 is 0 Å². The highest BCUT2D eigenvalue weighted by molar-refractivity contribution is 6.46. The lowest BCUT2D eigenvalue weighted by atomic mass is 9.93. The zero-order valence-electron chi connectivity index (χ0n) is 19.1. The number of aromatic nitrogens is 1. The highest BCUT2D eigenvalue weighted by Gasteiger charge is 2.46. The number of para-hydroxylation sites is 1. The van der Waals surface area contributed by atoms with Crippen LogP contribution in [0, 0.1) is 13.8 Å². The van der Waals surface area contributed by atoms with E-state index in [-0.39, 0.29) is 11.3 Å². The number of fused-ring (bicyclic) bond motifs is 1. The van der Waals surface area contributed by atoms with Crippen molar-refractivity contribution < 1.29 is 19.4 Å². The van der Waals surface area contributed by atoms with E-state index in [0.717, 1.165) is 27.6 Å². The van der Waals surface area contributed by atoms with Gasteiger partial charge in [0.25, 0.3) is 11.7 Å². The molecule has 166 valence electrons. The molecule has 1 aliphatic rings. The number of Topliss-reactive ketones (excluding diaryl/α,β-unsaturated/α-hetero) is 1. The topological polar surface area (TPSA) is 71.8 Å². The number of amides is 1. The predicted molar refractivity (Wildman–Crippen MR) is 125 cm³/mol. The minimum Gasteiger partial charge on any atom is -0.507 e. The van der Waals surface area contributed by atoms with E-state index in [9.17, 15) is 14.7 Å². The molecular formula is C26H28N2O4. The Hall–Kier alpha value is -3.54. The third-order valence-electron chi connectivity index (χ3n) is 6.11. The van der Waals surface area contributed by atoms with E-state index in [1.807, 2.05) is 68.9 Å². The summed E-state index contributed by atoms with van der Waals surface area (Å²) in [6, 6.07) is 10.9. The standard InChI is InChI=1S/C26H28N2O4/c1-6-11-28-22(19-14-27(4)20-10-8-7-9-17(19)20)21(24(30)26(28)31)23(29)18-13-15(2)12-16(3)25(18)32-5/h7-10,12-14,22,29H,6,11H2,1-5H3/b23-21+. The van der Waals surface area contributed by atoms with Gasteiger partial charge in [0.15, 0.2) is 0 Å². The fourth-order valence-electron chi connectivity index (χ4n) is 4.81. The van der Waals surface area contributed by atoms with Crippen LogP contribution in [0.2, 0.25) is 0 Å². The molecule has 1 aromatic heterocycles. The quantitative estimate of drug-likeness (QED) is 0.362. The first-order valence-corrected chi connectivity index (χ1v) is 10.8. The second-order valence-electron chi connectivity index (χ2n) is 8.37. The van der Waals surface area contributed by atoms with Crippen LogP contribution in [0.25, 0.3) is 16.7 Å². The van der Waals surface area contributed by atoms with Gasteiger partial charge in [0.2, 0.25) is 0 Å². The number of benzene rings is 2. The van der Waals surface area contributed by atoms with Crippen molar-refractivity contribution in [3.05, 3.63) is 70.4 Å². The summed E-state index contributed by atoms with van der Waals surface area (Å²) in [5.74, 6) is -0.972. The summed E-state index contributed by atoms with van der Waals surface area (Å²) in [6.07, 6.45) is 2.64. The number of nitrogens with zero attached hydrogens (tertiary/aromatic N) is 2. The summed E-state index contributed by atoms with van der Waals surface area (Å²) in [7, 11) is 3.47. The van der Waals surface area contributed by atoms with Crippen LogP contribution in [-0.2, 0) is 16.6 Å². The van der Waals surface area contributed by atoms with Crippen molar-refractivity contribution >= 4 is 28.4 Å². The number of aliphatic hydroxyl groups excluding tert-OH is 1. The fourth-order valence-corrected chi connectivity index (χ4v) is 4.81. The predicted octanol–water partition coefficient (Wildman–Crippen LogP) is 4.64. The molecule has 0 spiro atoms. The maximum Gasteiger partial charge on any atom is 0.295 e. The number of aryl methyl sites for hydroxylation is 3. The van der Waals surface area contributed by atoms with Gasteiger partial charge in [-0.15, -0.1) is 0 Å². The molecule has 2 aromatic carbocycles. The first-order valence-electron chi connectivity index (χ1n) is 10.8. The summed E-state index contributed by atoms with van der Waals surface area (Å²) >= 11 is 0. The lowest BCUT2D eigenvalue weighted by Gasteiger charge is -2.24. The Bertz CT molecular complexity index is 1270. The molecule has 1 atom stereocenters. The van der Waals surface area contributed by atoms with Crippen molar-refractivity contribution in [1.29, 1.82) is 0 Å². The molecule has 4 rings (SSSR count). The molecule has 6 heteroatoms. The van der Waals surface area contributed by atoms with Crippen LogP contribution in [0.3, 0.4) is 0 Å². The molecule has 32 heavy (non-hydrogen) atoms. The molecule has 1 saturated heterocycles. The van der Waals surface area contributed by atoms with Crippen LogP contribution in [0.15, 0.2) is 48.2 Å². The van der Waals surface area contributed by atoms with E-state index in [1.54, 1.807) is 11.0 Å².